The lowest BCUT2D eigenvalue weighted by Gasteiger charge is -2.10. The molecule has 0 aliphatic heterocycles. The van der Waals surface area contributed by atoms with Crippen LogP contribution in [0, 0.1) is 13.8 Å². The fourth-order valence-electron chi connectivity index (χ4n) is 3.41. The molecule has 32 heavy (non-hydrogen) atoms. The van der Waals surface area contributed by atoms with Gasteiger partial charge < -0.3 is 9.73 Å². The molecule has 2 aromatic carbocycles. The zero-order valence-electron chi connectivity index (χ0n) is 17.9. The van der Waals surface area contributed by atoms with E-state index < -0.39 is 0 Å². The molecule has 2 heterocycles. The molecule has 0 fully saturated rings. The van der Waals surface area contributed by atoms with Gasteiger partial charge in [0.2, 0.25) is 0 Å². The highest BCUT2D eigenvalue weighted by molar-refractivity contribution is 7.99. The van der Waals surface area contributed by atoms with Crippen LogP contribution in [0.1, 0.15) is 37.6 Å². The fourth-order valence-corrected chi connectivity index (χ4v) is 4.26. The molecule has 0 radical (unpaired) electrons. The largest absolute Gasteiger partial charge is 0.467 e. The van der Waals surface area contributed by atoms with Gasteiger partial charge in [-0.1, -0.05) is 41.6 Å². The average Bonchev–Trinajstić information content (AvgIpc) is 3.48. The molecular weight excluding hydrogens is 422 g/mol. The van der Waals surface area contributed by atoms with E-state index in [4.69, 9.17) is 4.42 Å². The molecule has 0 bridgehead atoms. The Balaban J connectivity index is 1.45. The van der Waals surface area contributed by atoms with E-state index >= 15 is 0 Å². The Morgan fingerprint density at radius 2 is 1.97 bits per heavy atom. The van der Waals surface area contributed by atoms with Crippen LogP contribution in [0.2, 0.25) is 0 Å². The first-order valence-corrected chi connectivity index (χ1v) is 11.2. The number of ketones is 1. The van der Waals surface area contributed by atoms with E-state index in [9.17, 15) is 9.59 Å². The SMILES string of the molecule is Cc1ccc(C(=O)CSc2nccn2-c2cccc(C(=O)NCc3ccco3)c2)c(C)c1. The Kier molecular flexibility index (Phi) is 6.56. The maximum Gasteiger partial charge on any atom is 0.251 e. The predicted octanol–water partition coefficient (Wildman–Crippen LogP) is 4.99. The van der Waals surface area contributed by atoms with Gasteiger partial charge in [0.15, 0.2) is 10.9 Å². The molecule has 7 heteroatoms. The van der Waals surface area contributed by atoms with Crippen LogP contribution in [0.25, 0.3) is 5.69 Å². The molecule has 4 aromatic rings. The number of hydrogen-bond acceptors (Lipinski definition) is 5. The van der Waals surface area contributed by atoms with Gasteiger partial charge in [-0.3, -0.25) is 14.2 Å². The first-order valence-electron chi connectivity index (χ1n) is 10.2. The molecule has 1 amide bonds. The van der Waals surface area contributed by atoms with Gasteiger partial charge in [0.05, 0.1) is 18.6 Å². The number of benzene rings is 2. The maximum atomic E-state index is 12.7. The van der Waals surface area contributed by atoms with Gasteiger partial charge in [-0.15, -0.1) is 0 Å². The zero-order chi connectivity index (χ0) is 22.5. The van der Waals surface area contributed by atoms with Crippen molar-refractivity contribution in [3.8, 4) is 5.69 Å². The Morgan fingerprint density at radius 1 is 1.09 bits per heavy atom. The van der Waals surface area contributed by atoms with Crippen molar-refractivity contribution < 1.29 is 14.0 Å². The van der Waals surface area contributed by atoms with Crippen molar-refractivity contribution in [2.45, 2.75) is 25.5 Å². The highest BCUT2D eigenvalue weighted by Gasteiger charge is 2.14. The molecule has 2 aromatic heterocycles. The lowest BCUT2D eigenvalue weighted by molar-refractivity contribution is 0.0947. The van der Waals surface area contributed by atoms with E-state index in [0.29, 0.717) is 23.0 Å². The Bertz CT molecular complexity index is 1250. The summed E-state index contributed by atoms with van der Waals surface area (Å²) in [5, 5.41) is 3.54. The third-order valence-electron chi connectivity index (χ3n) is 5.01. The van der Waals surface area contributed by atoms with Gasteiger partial charge in [0.1, 0.15) is 5.76 Å². The summed E-state index contributed by atoms with van der Waals surface area (Å²) >= 11 is 1.38. The summed E-state index contributed by atoms with van der Waals surface area (Å²) in [6.45, 7) is 4.29. The number of Topliss-reactive ketones (excluding diaryl/α,β-unsaturated/α-hetero) is 1. The number of carbonyl (C=O) groups is 2. The van der Waals surface area contributed by atoms with Gasteiger partial charge in [0.25, 0.3) is 5.91 Å². The standard InChI is InChI=1S/C25H23N3O3S/c1-17-8-9-22(18(2)13-17)23(29)16-32-25-26-10-11-28(25)20-6-3-5-19(14-20)24(30)27-15-21-7-4-12-31-21/h3-14H,15-16H2,1-2H3,(H,27,30). The number of amides is 1. The van der Waals surface area contributed by atoms with Crippen LogP contribution < -0.4 is 5.32 Å². The van der Waals surface area contributed by atoms with Crippen LogP contribution in [0.15, 0.2) is 82.8 Å². The lowest BCUT2D eigenvalue weighted by atomic mass is 10.0. The minimum Gasteiger partial charge on any atom is -0.467 e. The van der Waals surface area contributed by atoms with Gasteiger partial charge in [-0.05, 0) is 49.7 Å². The highest BCUT2D eigenvalue weighted by Crippen LogP contribution is 2.23. The summed E-state index contributed by atoms with van der Waals surface area (Å²) in [7, 11) is 0. The fraction of sp³-hybridized carbons (Fsp3) is 0.160. The van der Waals surface area contributed by atoms with Gasteiger partial charge in [0, 0.05) is 29.2 Å². The predicted molar refractivity (Wildman–Crippen MR) is 124 cm³/mol. The summed E-state index contributed by atoms with van der Waals surface area (Å²) in [6, 6.07) is 16.7. The Morgan fingerprint density at radius 3 is 2.75 bits per heavy atom. The Hall–Kier alpha value is -3.58. The van der Waals surface area contributed by atoms with Crippen LogP contribution in [0.5, 0.6) is 0 Å². The van der Waals surface area contributed by atoms with Crippen molar-refractivity contribution in [2.75, 3.05) is 5.75 Å². The molecule has 4 rings (SSSR count). The van der Waals surface area contributed by atoms with Crippen molar-refractivity contribution in [1.82, 2.24) is 14.9 Å². The molecule has 6 nitrogen and oxygen atoms in total. The van der Waals surface area contributed by atoms with E-state index in [1.807, 2.05) is 61.0 Å². The van der Waals surface area contributed by atoms with E-state index in [0.717, 1.165) is 22.4 Å². The van der Waals surface area contributed by atoms with Crippen molar-refractivity contribution in [1.29, 1.82) is 0 Å². The van der Waals surface area contributed by atoms with E-state index in [2.05, 4.69) is 10.3 Å². The van der Waals surface area contributed by atoms with Crippen LogP contribution in [0.4, 0.5) is 0 Å². The molecule has 0 atom stereocenters. The monoisotopic (exact) mass is 445 g/mol. The Labute approximate surface area is 190 Å². The van der Waals surface area contributed by atoms with Gasteiger partial charge in [-0.25, -0.2) is 4.98 Å². The normalized spacial score (nSPS) is 10.8. The van der Waals surface area contributed by atoms with Crippen LogP contribution in [-0.4, -0.2) is 27.0 Å². The number of rotatable bonds is 8. The summed E-state index contributed by atoms with van der Waals surface area (Å²) in [5.74, 6) is 0.844. The maximum absolute atomic E-state index is 12.7. The van der Waals surface area contributed by atoms with Crippen LogP contribution >= 0.6 is 11.8 Å². The first-order chi connectivity index (χ1) is 15.5. The van der Waals surface area contributed by atoms with E-state index in [-0.39, 0.29) is 17.4 Å². The number of thioether (sulfide) groups is 1. The first kappa shape index (κ1) is 21.6. The lowest BCUT2D eigenvalue weighted by Crippen LogP contribution is -2.22. The second-order valence-corrected chi connectivity index (χ2v) is 8.36. The second kappa shape index (κ2) is 9.70. The molecular formula is C25H23N3O3S. The number of carbonyl (C=O) groups excluding carboxylic acids is 2. The number of aromatic nitrogens is 2. The third kappa shape index (κ3) is 5.00. The minimum absolute atomic E-state index is 0.0631. The van der Waals surface area contributed by atoms with Crippen LogP contribution in [-0.2, 0) is 6.54 Å². The quantitative estimate of drug-likeness (QED) is 0.305. The van der Waals surface area contributed by atoms with Gasteiger partial charge >= 0.3 is 0 Å². The van der Waals surface area contributed by atoms with Crippen molar-refractivity contribution >= 4 is 23.5 Å². The highest BCUT2D eigenvalue weighted by atomic mass is 32.2. The number of imidazole rings is 1. The number of aryl methyl sites for hydroxylation is 2. The molecule has 0 aliphatic carbocycles. The summed E-state index contributed by atoms with van der Waals surface area (Å²) in [4.78, 5) is 29.7. The molecule has 162 valence electrons. The molecule has 0 spiro atoms. The second-order valence-electron chi connectivity index (χ2n) is 7.42. The average molecular weight is 446 g/mol. The number of furan rings is 1. The van der Waals surface area contributed by atoms with E-state index in [1.54, 1.807) is 30.7 Å². The summed E-state index contributed by atoms with van der Waals surface area (Å²) < 4.78 is 7.13. The molecule has 0 unspecified atom stereocenters. The number of nitrogens with zero attached hydrogens (tertiary/aromatic N) is 2. The summed E-state index contributed by atoms with van der Waals surface area (Å²) in [6.07, 6.45) is 5.09. The third-order valence-corrected chi connectivity index (χ3v) is 5.98. The topological polar surface area (TPSA) is 77.1 Å². The van der Waals surface area contributed by atoms with Crippen LogP contribution in [0.3, 0.4) is 0 Å². The molecule has 0 aliphatic rings. The number of hydrogen-bond donors (Lipinski definition) is 1. The smallest absolute Gasteiger partial charge is 0.251 e. The van der Waals surface area contributed by atoms with Crippen molar-refractivity contribution in [3.05, 3.63) is 101 Å². The van der Waals surface area contributed by atoms with E-state index in [1.165, 1.54) is 11.8 Å². The molecule has 0 saturated heterocycles. The summed E-state index contributed by atoms with van der Waals surface area (Å²) in [5.41, 5.74) is 4.18. The zero-order valence-corrected chi connectivity index (χ0v) is 18.7. The molecule has 0 saturated carbocycles. The van der Waals surface area contributed by atoms with Crippen molar-refractivity contribution in [2.24, 2.45) is 0 Å². The number of nitrogens with one attached hydrogen (secondary N) is 1. The molecule has 1 N–H and O–H groups in total. The van der Waals surface area contributed by atoms with Crippen molar-refractivity contribution in [3.63, 3.8) is 0 Å². The minimum atomic E-state index is -0.192. The van der Waals surface area contributed by atoms with Gasteiger partial charge in [-0.2, -0.15) is 0 Å².